The second kappa shape index (κ2) is 8.26. The highest BCUT2D eigenvalue weighted by Gasteiger charge is 2.32. The number of nitriles is 2. The first-order valence-corrected chi connectivity index (χ1v) is 9.85. The predicted molar refractivity (Wildman–Crippen MR) is 110 cm³/mol. The molecule has 0 saturated carbocycles. The summed E-state index contributed by atoms with van der Waals surface area (Å²) < 4.78 is 5.21. The van der Waals surface area contributed by atoms with Crippen molar-refractivity contribution in [3.8, 4) is 12.1 Å². The Morgan fingerprint density at radius 2 is 1.97 bits per heavy atom. The van der Waals surface area contributed by atoms with Gasteiger partial charge in [-0.2, -0.15) is 10.5 Å². The van der Waals surface area contributed by atoms with Gasteiger partial charge in [-0.1, -0.05) is 43.8 Å². The molecule has 0 aliphatic carbocycles. The lowest BCUT2D eigenvalue weighted by Gasteiger charge is -2.28. The summed E-state index contributed by atoms with van der Waals surface area (Å²) in [5.74, 6) is -0.814. The molecule has 0 saturated heterocycles. The maximum Gasteiger partial charge on any atom is 0.347 e. The number of Topliss-reactive ketones (excluding diaryl/α,β-unsaturated/α-hetero) is 1. The summed E-state index contributed by atoms with van der Waals surface area (Å²) in [4.78, 5) is 24.8. The zero-order chi connectivity index (χ0) is 21.1. The van der Waals surface area contributed by atoms with Crippen LogP contribution < -0.4 is 16.7 Å². The van der Waals surface area contributed by atoms with E-state index in [1.54, 1.807) is 24.3 Å². The number of fused-ring (bicyclic) bond motifs is 1. The maximum absolute atomic E-state index is 12.7. The number of allylic oxidation sites excluding steroid dienone is 2. The third kappa shape index (κ3) is 3.89. The molecule has 0 spiro atoms. The lowest BCUT2D eigenvalue weighted by atomic mass is 9.81. The van der Waals surface area contributed by atoms with Crippen molar-refractivity contribution < 1.29 is 9.21 Å². The van der Waals surface area contributed by atoms with Crippen molar-refractivity contribution in [2.75, 3.05) is 5.75 Å². The van der Waals surface area contributed by atoms with E-state index < -0.39 is 17.3 Å². The molecule has 1 aliphatic rings. The highest BCUT2D eigenvalue weighted by molar-refractivity contribution is 8.03. The van der Waals surface area contributed by atoms with Gasteiger partial charge in [-0.05, 0) is 18.1 Å². The molecule has 3 rings (SSSR count). The van der Waals surface area contributed by atoms with Crippen molar-refractivity contribution in [3.63, 3.8) is 0 Å². The van der Waals surface area contributed by atoms with E-state index in [2.05, 4.69) is 17.5 Å². The number of nitrogens with zero attached hydrogens (tertiary/aromatic N) is 2. The molecule has 3 N–H and O–H groups in total. The van der Waals surface area contributed by atoms with Crippen LogP contribution in [0.1, 0.15) is 24.2 Å². The average Bonchev–Trinajstić information content (AvgIpc) is 2.70. The highest BCUT2D eigenvalue weighted by atomic mass is 32.2. The largest absolute Gasteiger partial charge is 0.422 e. The fourth-order valence-electron chi connectivity index (χ4n) is 3.21. The van der Waals surface area contributed by atoms with Crippen molar-refractivity contribution in [1.29, 1.82) is 10.5 Å². The standard InChI is InChI=1S/C21H18N4O3S/c1-11(2)18-14(8-22)19(24)25-20(15(18)9-23)29-10-16(26)13-7-12-5-3-4-6-17(12)28-21(13)27/h3-7,11,18,25H,10,24H2,1-2H3. The van der Waals surface area contributed by atoms with Gasteiger partial charge in [0.1, 0.15) is 17.0 Å². The molecule has 1 atom stereocenters. The summed E-state index contributed by atoms with van der Waals surface area (Å²) in [5, 5.41) is 23.0. The Bertz CT molecular complexity index is 1190. The molecule has 1 aromatic carbocycles. The first-order chi connectivity index (χ1) is 13.9. The van der Waals surface area contributed by atoms with Crippen LogP contribution in [0.2, 0.25) is 0 Å². The van der Waals surface area contributed by atoms with Crippen LogP contribution in [0, 0.1) is 34.5 Å². The van der Waals surface area contributed by atoms with Gasteiger partial charge in [0, 0.05) is 11.3 Å². The predicted octanol–water partition coefficient (Wildman–Crippen LogP) is 3.01. The molecule has 2 heterocycles. The van der Waals surface area contributed by atoms with Gasteiger partial charge in [0.15, 0.2) is 5.78 Å². The number of thioether (sulfide) groups is 1. The third-order valence-corrected chi connectivity index (χ3v) is 5.62. The van der Waals surface area contributed by atoms with E-state index in [4.69, 9.17) is 10.2 Å². The van der Waals surface area contributed by atoms with Crippen LogP contribution in [-0.4, -0.2) is 11.5 Å². The minimum Gasteiger partial charge on any atom is -0.422 e. The summed E-state index contributed by atoms with van der Waals surface area (Å²) in [7, 11) is 0. The van der Waals surface area contributed by atoms with Crippen LogP contribution in [0.3, 0.4) is 0 Å². The Hall–Kier alpha value is -3.49. The number of carbonyl (C=O) groups excluding carboxylic acids is 1. The molecule has 1 aliphatic heterocycles. The summed E-state index contributed by atoms with van der Waals surface area (Å²) in [6, 6.07) is 12.6. The Morgan fingerprint density at radius 3 is 2.62 bits per heavy atom. The maximum atomic E-state index is 12.7. The Labute approximate surface area is 171 Å². The summed E-state index contributed by atoms with van der Waals surface area (Å²) >= 11 is 1.08. The summed E-state index contributed by atoms with van der Waals surface area (Å²) in [6.45, 7) is 3.79. The number of hydrogen-bond acceptors (Lipinski definition) is 8. The number of nitrogens with one attached hydrogen (secondary N) is 1. The number of para-hydroxylation sites is 1. The highest BCUT2D eigenvalue weighted by Crippen LogP contribution is 2.36. The molecule has 1 unspecified atom stereocenters. The molecule has 146 valence electrons. The minimum atomic E-state index is -0.702. The van der Waals surface area contributed by atoms with E-state index >= 15 is 0 Å². The van der Waals surface area contributed by atoms with Gasteiger partial charge >= 0.3 is 5.63 Å². The third-order valence-electron chi connectivity index (χ3n) is 4.60. The Kier molecular flexibility index (Phi) is 5.76. The molecule has 7 nitrogen and oxygen atoms in total. The molecule has 29 heavy (non-hydrogen) atoms. The fourth-order valence-corrected chi connectivity index (χ4v) is 4.15. The minimum absolute atomic E-state index is 0.0289. The van der Waals surface area contributed by atoms with Crippen molar-refractivity contribution in [2.45, 2.75) is 13.8 Å². The topological polar surface area (TPSA) is 133 Å². The number of carbonyl (C=O) groups is 1. The first kappa shape index (κ1) is 20.2. The SMILES string of the molecule is CC(C)C1C(C#N)=C(N)NC(SCC(=O)c2cc3ccccc3oc2=O)=C1C#N. The van der Waals surface area contributed by atoms with E-state index in [0.717, 1.165) is 11.8 Å². The quantitative estimate of drug-likeness (QED) is 0.572. The number of ketones is 1. The zero-order valence-electron chi connectivity index (χ0n) is 15.9. The first-order valence-electron chi connectivity index (χ1n) is 8.87. The van der Waals surface area contributed by atoms with Gasteiger partial charge in [-0.15, -0.1) is 0 Å². The molecule has 0 radical (unpaired) electrons. The van der Waals surface area contributed by atoms with E-state index in [1.807, 2.05) is 13.8 Å². The van der Waals surface area contributed by atoms with Gasteiger partial charge in [0.2, 0.25) is 0 Å². The van der Waals surface area contributed by atoms with Gasteiger partial charge in [-0.25, -0.2) is 4.79 Å². The van der Waals surface area contributed by atoms with Crippen LogP contribution in [0.5, 0.6) is 0 Å². The fraction of sp³-hybridized carbons (Fsp3) is 0.238. The van der Waals surface area contributed by atoms with Crippen LogP contribution >= 0.6 is 11.8 Å². The summed E-state index contributed by atoms with van der Waals surface area (Å²) in [5.41, 5.74) is 6.29. The van der Waals surface area contributed by atoms with Gasteiger partial charge in [0.25, 0.3) is 0 Å². The van der Waals surface area contributed by atoms with E-state index in [-0.39, 0.29) is 23.1 Å². The zero-order valence-corrected chi connectivity index (χ0v) is 16.7. The monoisotopic (exact) mass is 406 g/mol. The summed E-state index contributed by atoms with van der Waals surface area (Å²) in [6.07, 6.45) is 0. The van der Waals surface area contributed by atoms with Crippen molar-refractivity contribution in [3.05, 3.63) is 68.3 Å². The van der Waals surface area contributed by atoms with Gasteiger partial charge in [-0.3, -0.25) is 4.79 Å². The number of hydrogen-bond donors (Lipinski definition) is 2. The van der Waals surface area contributed by atoms with E-state index in [1.165, 1.54) is 6.07 Å². The molecule has 8 heteroatoms. The van der Waals surface area contributed by atoms with Crippen LogP contribution in [0.15, 0.2) is 61.5 Å². The lowest BCUT2D eigenvalue weighted by Crippen LogP contribution is -2.32. The van der Waals surface area contributed by atoms with Crippen LogP contribution in [0.4, 0.5) is 0 Å². The number of benzene rings is 1. The molecule has 2 aromatic rings. The Balaban J connectivity index is 1.88. The van der Waals surface area contributed by atoms with E-state index in [9.17, 15) is 20.1 Å². The number of dihydropyridines is 1. The van der Waals surface area contributed by atoms with Gasteiger partial charge < -0.3 is 15.5 Å². The molecule has 1 aromatic heterocycles. The Morgan fingerprint density at radius 1 is 1.28 bits per heavy atom. The van der Waals surface area contributed by atoms with Gasteiger partial charge in [0.05, 0.1) is 34.1 Å². The van der Waals surface area contributed by atoms with Crippen LogP contribution in [0.25, 0.3) is 11.0 Å². The second-order valence-corrected chi connectivity index (χ2v) is 7.82. The molecule has 0 fully saturated rings. The van der Waals surface area contributed by atoms with Crippen molar-refractivity contribution in [1.82, 2.24) is 5.32 Å². The average molecular weight is 406 g/mol. The van der Waals surface area contributed by atoms with Crippen molar-refractivity contribution in [2.24, 2.45) is 17.6 Å². The molecule has 0 bridgehead atoms. The van der Waals surface area contributed by atoms with Crippen molar-refractivity contribution >= 4 is 28.5 Å². The number of nitrogens with two attached hydrogens (primary N) is 1. The lowest BCUT2D eigenvalue weighted by molar-refractivity contribution is 0.101. The second-order valence-electron chi connectivity index (χ2n) is 6.84. The molecular weight excluding hydrogens is 388 g/mol. The normalized spacial score (nSPS) is 16.5. The van der Waals surface area contributed by atoms with E-state index in [0.29, 0.717) is 27.1 Å². The smallest absolute Gasteiger partial charge is 0.347 e. The van der Waals surface area contributed by atoms with Crippen LogP contribution in [-0.2, 0) is 0 Å². The molecular formula is C21H18N4O3S. The molecule has 0 amide bonds. The number of rotatable bonds is 5.